The lowest BCUT2D eigenvalue weighted by molar-refractivity contribution is -0.123. The molecule has 0 unspecified atom stereocenters. The van der Waals surface area contributed by atoms with Crippen molar-refractivity contribution in [2.45, 2.75) is 44.7 Å². The van der Waals surface area contributed by atoms with Crippen molar-refractivity contribution < 1.29 is 14.4 Å². The summed E-state index contributed by atoms with van der Waals surface area (Å²) in [7, 11) is 0. The van der Waals surface area contributed by atoms with E-state index in [0.29, 0.717) is 6.54 Å². The molecule has 6 heteroatoms. The Morgan fingerprint density at radius 3 is 2.48 bits per heavy atom. The van der Waals surface area contributed by atoms with Crippen molar-refractivity contribution in [2.24, 2.45) is 0 Å². The SMILES string of the molecule is O=C1CN(Cc2ccccc2)C(=O)N1C(=O)NC1CCCCC1. The summed E-state index contributed by atoms with van der Waals surface area (Å²) in [5.74, 6) is -0.459. The number of rotatable bonds is 3. The van der Waals surface area contributed by atoms with Gasteiger partial charge in [0, 0.05) is 12.6 Å². The minimum Gasteiger partial charge on any atom is -0.334 e. The minimum absolute atomic E-state index is 0.0498. The Balaban J connectivity index is 1.62. The Bertz CT molecular complexity index is 596. The maximum atomic E-state index is 12.4. The van der Waals surface area contributed by atoms with Crippen LogP contribution in [0.15, 0.2) is 30.3 Å². The molecule has 0 bridgehead atoms. The van der Waals surface area contributed by atoms with E-state index in [2.05, 4.69) is 5.32 Å². The molecule has 1 aromatic carbocycles. The van der Waals surface area contributed by atoms with E-state index in [4.69, 9.17) is 0 Å². The van der Waals surface area contributed by atoms with Crippen molar-refractivity contribution in [1.29, 1.82) is 0 Å². The fourth-order valence-electron chi connectivity index (χ4n) is 3.16. The number of imide groups is 3. The number of nitrogens with one attached hydrogen (secondary N) is 1. The van der Waals surface area contributed by atoms with E-state index in [9.17, 15) is 14.4 Å². The molecular formula is C17H21N3O3. The average Bonchev–Trinajstić information content (AvgIpc) is 2.83. The van der Waals surface area contributed by atoms with Crippen LogP contribution in [0, 0.1) is 0 Å². The molecule has 0 atom stereocenters. The van der Waals surface area contributed by atoms with Crippen LogP contribution in [0.2, 0.25) is 0 Å². The second kappa shape index (κ2) is 6.81. The van der Waals surface area contributed by atoms with Crippen LogP contribution in [0.5, 0.6) is 0 Å². The first-order valence-corrected chi connectivity index (χ1v) is 8.11. The fraction of sp³-hybridized carbons (Fsp3) is 0.471. The van der Waals surface area contributed by atoms with Gasteiger partial charge in [-0.25, -0.2) is 9.59 Å². The van der Waals surface area contributed by atoms with Gasteiger partial charge in [0.1, 0.15) is 6.54 Å². The molecule has 1 saturated carbocycles. The molecule has 2 fully saturated rings. The zero-order chi connectivity index (χ0) is 16.2. The van der Waals surface area contributed by atoms with E-state index in [1.807, 2.05) is 30.3 Å². The lowest BCUT2D eigenvalue weighted by Gasteiger charge is -2.24. The summed E-state index contributed by atoms with van der Waals surface area (Å²) in [6.45, 7) is 0.282. The fourth-order valence-corrected chi connectivity index (χ4v) is 3.16. The second-order valence-electron chi connectivity index (χ2n) is 6.14. The number of carbonyl (C=O) groups is 3. The van der Waals surface area contributed by atoms with Crippen molar-refractivity contribution in [3.05, 3.63) is 35.9 Å². The molecule has 1 heterocycles. The van der Waals surface area contributed by atoms with E-state index in [-0.39, 0.29) is 12.6 Å². The van der Waals surface area contributed by atoms with Gasteiger partial charge in [-0.2, -0.15) is 4.90 Å². The van der Waals surface area contributed by atoms with E-state index in [1.165, 1.54) is 11.3 Å². The predicted molar refractivity (Wildman–Crippen MR) is 84.5 cm³/mol. The number of hydrogen-bond donors (Lipinski definition) is 1. The summed E-state index contributed by atoms with van der Waals surface area (Å²) in [6.07, 6.45) is 5.16. The number of urea groups is 2. The molecule has 122 valence electrons. The van der Waals surface area contributed by atoms with Gasteiger partial charge in [-0.15, -0.1) is 0 Å². The Kier molecular flexibility index (Phi) is 4.60. The normalized spacial score (nSPS) is 19.3. The van der Waals surface area contributed by atoms with Crippen molar-refractivity contribution in [3.63, 3.8) is 0 Å². The quantitative estimate of drug-likeness (QED) is 0.871. The molecule has 0 radical (unpaired) electrons. The molecule has 5 amide bonds. The monoisotopic (exact) mass is 315 g/mol. The molecule has 23 heavy (non-hydrogen) atoms. The van der Waals surface area contributed by atoms with Crippen LogP contribution < -0.4 is 5.32 Å². The summed E-state index contributed by atoms with van der Waals surface area (Å²) in [4.78, 5) is 38.9. The van der Waals surface area contributed by atoms with E-state index in [1.54, 1.807) is 0 Å². The lowest BCUT2D eigenvalue weighted by atomic mass is 9.96. The number of amides is 5. The number of benzene rings is 1. The lowest BCUT2D eigenvalue weighted by Crippen LogP contribution is -2.48. The van der Waals surface area contributed by atoms with Gasteiger partial charge < -0.3 is 10.2 Å². The zero-order valence-electron chi connectivity index (χ0n) is 13.0. The summed E-state index contributed by atoms with van der Waals surface area (Å²) in [5, 5.41) is 2.82. The molecule has 0 aromatic heterocycles. The first kappa shape index (κ1) is 15.5. The van der Waals surface area contributed by atoms with Gasteiger partial charge in [0.05, 0.1) is 0 Å². The largest absolute Gasteiger partial charge is 0.335 e. The maximum Gasteiger partial charge on any atom is 0.335 e. The average molecular weight is 315 g/mol. The Morgan fingerprint density at radius 1 is 1.09 bits per heavy atom. The third-order valence-corrected chi connectivity index (χ3v) is 4.39. The van der Waals surface area contributed by atoms with Crippen molar-refractivity contribution in [2.75, 3.05) is 6.54 Å². The van der Waals surface area contributed by atoms with Gasteiger partial charge in [0.25, 0.3) is 5.91 Å². The molecule has 3 rings (SSSR count). The van der Waals surface area contributed by atoms with Crippen LogP contribution in [0.3, 0.4) is 0 Å². The van der Waals surface area contributed by atoms with Crippen LogP contribution in [-0.2, 0) is 11.3 Å². The molecule has 1 aromatic rings. The Hall–Kier alpha value is -2.37. The smallest absolute Gasteiger partial charge is 0.334 e. The third-order valence-electron chi connectivity index (χ3n) is 4.39. The van der Waals surface area contributed by atoms with Gasteiger partial charge in [-0.05, 0) is 18.4 Å². The van der Waals surface area contributed by atoms with Crippen LogP contribution in [-0.4, -0.2) is 40.4 Å². The predicted octanol–water partition coefficient (Wildman–Crippen LogP) is 2.49. The van der Waals surface area contributed by atoms with Gasteiger partial charge in [0.2, 0.25) is 0 Å². The Morgan fingerprint density at radius 2 is 1.78 bits per heavy atom. The third kappa shape index (κ3) is 3.52. The molecule has 6 nitrogen and oxygen atoms in total. The highest BCUT2D eigenvalue weighted by Gasteiger charge is 2.41. The van der Waals surface area contributed by atoms with Crippen molar-refractivity contribution >= 4 is 18.0 Å². The first-order chi connectivity index (χ1) is 11.1. The Labute approximate surface area is 135 Å². The maximum absolute atomic E-state index is 12.4. The molecule has 1 aliphatic heterocycles. The molecule has 2 aliphatic rings. The van der Waals surface area contributed by atoms with E-state index in [0.717, 1.165) is 36.1 Å². The topological polar surface area (TPSA) is 69.7 Å². The number of hydrogen-bond acceptors (Lipinski definition) is 3. The van der Waals surface area contributed by atoms with Crippen LogP contribution >= 0.6 is 0 Å². The highest BCUT2D eigenvalue weighted by atomic mass is 16.2. The van der Waals surface area contributed by atoms with Gasteiger partial charge >= 0.3 is 12.1 Å². The molecule has 0 spiro atoms. The summed E-state index contributed by atoms with van der Waals surface area (Å²) >= 11 is 0. The summed E-state index contributed by atoms with van der Waals surface area (Å²) in [5.41, 5.74) is 0.934. The minimum atomic E-state index is -0.581. The molecule has 1 N–H and O–H groups in total. The van der Waals surface area contributed by atoms with E-state index < -0.39 is 18.0 Å². The van der Waals surface area contributed by atoms with Gasteiger partial charge in [-0.1, -0.05) is 49.6 Å². The summed E-state index contributed by atoms with van der Waals surface area (Å²) < 4.78 is 0. The summed E-state index contributed by atoms with van der Waals surface area (Å²) in [6, 6.07) is 8.39. The van der Waals surface area contributed by atoms with E-state index >= 15 is 0 Å². The number of carbonyl (C=O) groups excluding carboxylic acids is 3. The van der Waals surface area contributed by atoms with Crippen LogP contribution in [0.4, 0.5) is 9.59 Å². The van der Waals surface area contributed by atoms with Crippen molar-refractivity contribution in [1.82, 2.24) is 15.1 Å². The van der Waals surface area contributed by atoms with Crippen LogP contribution in [0.1, 0.15) is 37.7 Å². The second-order valence-corrected chi connectivity index (χ2v) is 6.14. The highest BCUT2D eigenvalue weighted by molar-refractivity contribution is 6.14. The molecule has 1 aliphatic carbocycles. The standard InChI is InChI=1S/C17H21N3O3/c21-15-12-19(11-13-7-3-1-4-8-13)17(23)20(15)16(22)18-14-9-5-2-6-10-14/h1,3-4,7-8,14H,2,5-6,9-12H2,(H,18,22). The molecule has 1 saturated heterocycles. The zero-order valence-corrected chi connectivity index (χ0v) is 13.0. The van der Waals surface area contributed by atoms with Gasteiger partial charge in [0.15, 0.2) is 0 Å². The van der Waals surface area contributed by atoms with Crippen LogP contribution in [0.25, 0.3) is 0 Å². The van der Waals surface area contributed by atoms with Crippen molar-refractivity contribution in [3.8, 4) is 0 Å². The number of nitrogens with zero attached hydrogens (tertiary/aromatic N) is 2. The first-order valence-electron chi connectivity index (χ1n) is 8.11. The highest BCUT2D eigenvalue weighted by Crippen LogP contribution is 2.19. The molecular weight excluding hydrogens is 294 g/mol. The van der Waals surface area contributed by atoms with Gasteiger partial charge in [-0.3, -0.25) is 4.79 Å².